The van der Waals surface area contributed by atoms with Gasteiger partial charge in [0.05, 0.1) is 14.2 Å². The number of rotatable bonds is 8. The molecule has 154 valence electrons. The molecule has 0 aliphatic carbocycles. The van der Waals surface area contributed by atoms with Gasteiger partial charge in [-0.15, -0.1) is 0 Å². The van der Waals surface area contributed by atoms with E-state index in [0.29, 0.717) is 0 Å². The Morgan fingerprint density at radius 3 is 2.48 bits per heavy atom. The molecule has 0 saturated carbocycles. The first kappa shape index (κ1) is 20.6. The molecule has 29 heavy (non-hydrogen) atoms. The van der Waals surface area contributed by atoms with Crippen molar-refractivity contribution in [3.05, 3.63) is 59.3 Å². The Morgan fingerprint density at radius 2 is 1.76 bits per heavy atom. The van der Waals surface area contributed by atoms with E-state index in [1.54, 1.807) is 21.3 Å². The first-order valence-corrected chi connectivity index (χ1v) is 9.87. The third-order valence-electron chi connectivity index (χ3n) is 5.06. The molecule has 3 aromatic rings. The lowest BCUT2D eigenvalue weighted by Crippen LogP contribution is -2.39. The van der Waals surface area contributed by atoms with E-state index in [2.05, 4.69) is 58.0 Å². The monoisotopic (exact) mass is 394 g/mol. The van der Waals surface area contributed by atoms with Crippen LogP contribution in [0.3, 0.4) is 0 Å². The molecule has 3 N–H and O–H groups in total. The summed E-state index contributed by atoms with van der Waals surface area (Å²) in [5, 5.41) is 8.10. The Kier molecular flexibility index (Phi) is 7.00. The molecule has 0 spiro atoms. The summed E-state index contributed by atoms with van der Waals surface area (Å²) in [6.07, 6.45) is 3.90. The lowest BCUT2D eigenvalue weighted by atomic mass is 10.1. The lowest BCUT2D eigenvalue weighted by Gasteiger charge is -2.13. The van der Waals surface area contributed by atoms with E-state index < -0.39 is 0 Å². The minimum absolute atomic E-state index is 0.745. The number of hydrogen-bond acceptors (Lipinski definition) is 3. The second-order valence-electron chi connectivity index (χ2n) is 6.93. The number of aryl methyl sites for hydroxylation is 1. The third kappa shape index (κ3) is 5.02. The molecular weight excluding hydrogens is 364 g/mol. The molecular formula is C23H30N4O2. The van der Waals surface area contributed by atoms with Crippen LogP contribution in [-0.4, -0.2) is 45.3 Å². The Morgan fingerprint density at radius 1 is 1.00 bits per heavy atom. The summed E-state index contributed by atoms with van der Waals surface area (Å²) in [6, 6.07) is 12.4. The quantitative estimate of drug-likeness (QED) is 0.404. The molecule has 0 atom stereocenters. The molecule has 0 aliphatic heterocycles. The molecule has 6 heteroatoms. The zero-order chi connectivity index (χ0) is 20.6. The van der Waals surface area contributed by atoms with Gasteiger partial charge in [0, 0.05) is 37.2 Å². The molecule has 0 bridgehead atoms. The summed E-state index contributed by atoms with van der Waals surface area (Å²) in [6.45, 7) is 3.75. The normalized spacial score (nSPS) is 11.5. The van der Waals surface area contributed by atoms with Crippen LogP contribution < -0.4 is 20.1 Å². The van der Waals surface area contributed by atoms with Gasteiger partial charge >= 0.3 is 0 Å². The maximum Gasteiger partial charge on any atom is 0.190 e. The SMILES string of the molecule is CN=C(NCCc1ccc(OC)c(OC)c1)NCCc1c[nH]c2cccc(C)c12. The molecule has 3 rings (SSSR count). The standard InChI is InChI=1S/C23H30N4O2/c1-16-6-5-7-19-22(16)18(15-27-19)11-13-26-23(24-2)25-12-10-17-8-9-20(28-3)21(14-17)29-4/h5-9,14-15,27H,10-13H2,1-4H3,(H2,24,25,26). The summed E-state index contributed by atoms with van der Waals surface area (Å²) in [4.78, 5) is 7.68. The van der Waals surface area contributed by atoms with Gasteiger partial charge in [-0.2, -0.15) is 0 Å². The van der Waals surface area contributed by atoms with Gasteiger partial charge in [-0.3, -0.25) is 4.99 Å². The Bertz CT molecular complexity index is 978. The van der Waals surface area contributed by atoms with Gasteiger partial charge in [0.1, 0.15) is 0 Å². The van der Waals surface area contributed by atoms with Crippen molar-refractivity contribution < 1.29 is 9.47 Å². The number of nitrogens with zero attached hydrogens (tertiary/aromatic N) is 1. The van der Waals surface area contributed by atoms with E-state index in [-0.39, 0.29) is 0 Å². The number of hydrogen-bond donors (Lipinski definition) is 3. The van der Waals surface area contributed by atoms with Crippen LogP contribution in [0.5, 0.6) is 11.5 Å². The highest BCUT2D eigenvalue weighted by Crippen LogP contribution is 2.27. The highest BCUT2D eigenvalue weighted by molar-refractivity contribution is 5.86. The van der Waals surface area contributed by atoms with Crippen molar-refractivity contribution in [2.45, 2.75) is 19.8 Å². The third-order valence-corrected chi connectivity index (χ3v) is 5.06. The number of nitrogens with one attached hydrogen (secondary N) is 3. The maximum absolute atomic E-state index is 5.37. The molecule has 0 fully saturated rings. The van der Waals surface area contributed by atoms with Crippen molar-refractivity contribution in [1.29, 1.82) is 0 Å². The molecule has 0 amide bonds. The van der Waals surface area contributed by atoms with Crippen LogP contribution >= 0.6 is 0 Å². The van der Waals surface area contributed by atoms with Crippen molar-refractivity contribution in [2.75, 3.05) is 34.4 Å². The molecule has 0 aliphatic rings. The fourth-order valence-corrected chi connectivity index (χ4v) is 3.55. The van der Waals surface area contributed by atoms with E-state index in [1.807, 2.05) is 12.1 Å². The number of aliphatic imine (C=N–C) groups is 1. The Hall–Kier alpha value is -3.15. The molecule has 1 heterocycles. The van der Waals surface area contributed by atoms with Crippen LogP contribution in [-0.2, 0) is 12.8 Å². The summed E-state index contributed by atoms with van der Waals surface area (Å²) in [5.41, 5.74) is 5.00. The van der Waals surface area contributed by atoms with Crippen LogP contribution in [0, 0.1) is 6.92 Å². The Balaban J connectivity index is 1.48. The average molecular weight is 395 g/mol. The molecule has 0 saturated heterocycles. The van der Waals surface area contributed by atoms with Crippen molar-refractivity contribution in [1.82, 2.24) is 15.6 Å². The predicted octanol–water partition coefficient (Wildman–Crippen LogP) is 3.44. The fraction of sp³-hybridized carbons (Fsp3) is 0.348. The van der Waals surface area contributed by atoms with E-state index in [4.69, 9.17) is 9.47 Å². The van der Waals surface area contributed by atoms with Gasteiger partial charge in [-0.25, -0.2) is 0 Å². The zero-order valence-corrected chi connectivity index (χ0v) is 17.6. The van der Waals surface area contributed by atoms with Crippen molar-refractivity contribution in [3.8, 4) is 11.5 Å². The van der Waals surface area contributed by atoms with Crippen LogP contribution in [0.2, 0.25) is 0 Å². The number of guanidine groups is 1. The molecule has 6 nitrogen and oxygen atoms in total. The van der Waals surface area contributed by atoms with E-state index in [0.717, 1.165) is 43.4 Å². The summed E-state index contributed by atoms with van der Waals surface area (Å²) in [5.74, 6) is 2.30. The van der Waals surface area contributed by atoms with Crippen LogP contribution in [0.15, 0.2) is 47.6 Å². The molecule has 1 aromatic heterocycles. The van der Waals surface area contributed by atoms with Gasteiger partial charge in [-0.05, 0) is 54.7 Å². The van der Waals surface area contributed by atoms with Crippen LogP contribution in [0.1, 0.15) is 16.7 Å². The van der Waals surface area contributed by atoms with Crippen molar-refractivity contribution in [2.24, 2.45) is 4.99 Å². The molecule has 0 unspecified atom stereocenters. The minimum Gasteiger partial charge on any atom is -0.493 e. The average Bonchev–Trinajstić information content (AvgIpc) is 3.16. The van der Waals surface area contributed by atoms with Gasteiger partial charge < -0.3 is 25.1 Å². The largest absolute Gasteiger partial charge is 0.493 e. The van der Waals surface area contributed by atoms with E-state index in [9.17, 15) is 0 Å². The van der Waals surface area contributed by atoms with Crippen LogP contribution in [0.4, 0.5) is 0 Å². The minimum atomic E-state index is 0.745. The smallest absolute Gasteiger partial charge is 0.190 e. The van der Waals surface area contributed by atoms with Gasteiger partial charge in [0.15, 0.2) is 17.5 Å². The van der Waals surface area contributed by atoms with Gasteiger partial charge in [0.2, 0.25) is 0 Å². The zero-order valence-electron chi connectivity index (χ0n) is 17.6. The predicted molar refractivity (Wildman–Crippen MR) is 119 cm³/mol. The number of ether oxygens (including phenoxy) is 2. The first-order chi connectivity index (χ1) is 14.2. The summed E-state index contributed by atoms with van der Waals surface area (Å²) < 4.78 is 10.7. The number of benzene rings is 2. The lowest BCUT2D eigenvalue weighted by molar-refractivity contribution is 0.354. The van der Waals surface area contributed by atoms with Crippen LogP contribution in [0.25, 0.3) is 10.9 Å². The highest BCUT2D eigenvalue weighted by Gasteiger charge is 2.07. The summed E-state index contributed by atoms with van der Waals surface area (Å²) in [7, 11) is 5.09. The molecule has 2 aromatic carbocycles. The molecule has 0 radical (unpaired) electrons. The van der Waals surface area contributed by atoms with Crippen molar-refractivity contribution in [3.63, 3.8) is 0 Å². The number of fused-ring (bicyclic) bond motifs is 1. The Labute approximate surface area is 172 Å². The second-order valence-corrected chi connectivity index (χ2v) is 6.93. The topological polar surface area (TPSA) is 70.7 Å². The fourth-order valence-electron chi connectivity index (χ4n) is 3.55. The van der Waals surface area contributed by atoms with E-state index in [1.165, 1.54) is 27.6 Å². The summed E-state index contributed by atoms with van der Waals surface area (Å²) >= 11 is 0. The first-order valence-electron chi connectivity index (χ1n) is 9.87. The van der Waals surface area contributed by atoms with Crippen molar-refractivity contribution >= 4 is 16.9 Å². The van der Waals surface area contributed by atoms with Gasteiger partial charge in [-0.1, -0.05) is 18.2 Å². The number of methoxy groups -OCH3 is 2. The number of aromatic nitrogens is 1. The second kappa shape index (κ2) is 9.87. The number of H-pyrrole nitrogens is 1. The van der Waals surface area contributed by atoms with E-state index >= 15 is 0 Å². The van der Waals surface area contributed by atoms with Gasteiger partial charge in [0.25, 0.3) is 0 Å². The highest BCUT2D eigenvalue weighted by atomic mass is 16.5. The number of aromatic amines is 1. The maximum atomic E-state index is 5.37.